The molecule has 0 aliphatic carbocycles. The number of rotatable bonds is 5. The van der Waals surface area contributed by atoms with Gasteiger partial charge in [-0.1, -0.05) is 36.2 Å². The molecular weight excluding hydrogens is 334 g/mol. The summed E-state index contributed by atoms with van der Waals surface area (Å²) in [5.41, 5.74) is 6.96. The molecule has 1 aromatic carbocycles. The summed E-state index contributed by atoms with van der Waals surface area (Å²) in [7, 11) is 0. The molecule has 21 heavy (non-hydrogen) atoms. The maximum Gasteiger partial charge on any atom is 0.277 e. The van der Waals surface area contributed by atoms with E-state index in [1.165, 1.54) is 6.26 Å². The van der Waals surface area contributed by atoms with Crippen LogP contribution in [0.2, 0.25) is 0 Å². The van der Waals surface area contributed by atoms with Gasteiger partial charge in [0.25, 0.3) is 5.91 Å². The van der Waals surface area contributed by atoms with Crippen molar-refractivity contribution in [1.82, 2.24) is 4.98 Å². The van der Waals surface area contributed by atoms with E-state index in [1.807, 2.05) is 19.1 Å². The molecule has 1 heterocycles. The molecule has 0 radical (unpaired) electrons. The van der Waals surface area contributed by atoms with E-state index >= 15 is 0 Å². The van der Waals surface area contributed by atoms with Crippen molar-refractivity contribution >= 4 is 27.5 Å². The zero-order valence-electron chi connectivity index (χ0n) is 12.0. The van der Waals surface area contributed by atoms with Crippen LogP contribution < -0.4 is 11.1 Å². The number of carbonyl (C=O) groups excluding carboxylic acids is 1. The third kappa shape index (κ3) is 3.92. The minimum atomic E-state index is -0.316. The smallest absolute Gasteiger partial charge is 0.277 e. The number of amides is 1. The Hall–Kier alpha value is -1.66. The Labute approximate surface area is 132 Å². The van der Waals surface area contributed by atoms with E-state index in [1.54, 1.807) is 12.1 Å². The fraction of sp³-hybridized carbons (Fsp3) is 0.333. The minimum Gasteiger partial charge on any atom is -0.446 e. The summed E-state index contributed by atoms with van der Waals surface area (Å²) in [6, 6.07) is 7.00. The van der Waals surface area contributed by atoms with Crippen LogP contribution in [0.15, 0.2) is 39.4 Å². The van der Waals surface area contributed by atoms with E-state index in [2.05, 4.69) is 33.2 Å². The molecule has 112 valence electrons. The number of carbonyl (C=O) groups is 1. The summed E-state index contributed by atoms with van der Waals surface area (Å²) >= 11 is 3.34. The summed E-state index contributed by atoms with van der Waals surface area (Å²) in [4.78, 5) is 16.3. The van der Waals surface area contributed by atoms with Gasteiger partial charge in [0.15, 0.2) is 5.69 Å². The number of hydrogen-bond acceptors (Lipinski definition) is 4. The van der Waals surface area contributed by atoms with Gasteiger partial charge in [-0.25, -0.2) is 4.98 Å². The van der Waals surface area contributed by atoms with Gasteiger partial charge >= 0.3 is 0 Å². The second-order valence-electron chi connectivity index (χ2n) is 4.94. The van der Waals surface area contributed by atoms with Crippen molar-refractivity contribution in [2.45, 2.75) is 26.3 Å². The Bertz CT molecular complexity index is 610. The van der Waals surface area contributed by atoms with Crippen LogP contribution in [-0.2, 0) is 0 Å². The van der Waals surface area contributed by atoms with Gasteiger partial charge in [0.2, 0.25) is 5.89 Å². The average molecular weight is 352 g/mol. The Kier molecular flexibility index (Phi) is 5.14. The highest BCUT2D eigenvalue weighted by molar-refractivity contribution is 9.10. The molecule has 2 rings (SSSR count). The molecule has 0 spiro atoms. The van der Waals surface area contributed by atoms with Crippen LogP contribution in [0, 0.1) is 5.92 Å². The molecule has 0 saturated heterocycles. The van der Waals surface area contributed by atoms with Crippen molar-refractivity contribution in [1.29, 1.82) is 0 Å². The zero-order valence-corrected chi connectivity index (χ0v) is 13.6. The monoisotopic (exact) mass is 351 g/mol. The maximum atomic E-state index is 12.1. The average Bonchev–Trinajstić information content (AvgIpc) is 2.98. The van der Waals surface area contributed by atoms with Gasteiger partial charge in [0, 0.05) is 10.2 Å². The first-order chi connectivity index (χ1) is 10.0. The number of nitrogens with zero attached hydrogens (tertiary/aromatic N) is 1. The van der Waals surface area contributed by atoms with Gasteiger partial charge in [0.1, 0.15) is 6.26 Å². The Morgan fingerprint density at radius 3 is 2.71 bits per heavy atom. The van der Waals surface area contributed by atoms with E-state index < -0.39 is 0 Å². The van der Waals surface area contributed by atoms with Gasteiger partial charge in [-0.3, -0.25) is 4.79 Å². The van der Waals surface area contributed by atoms with Crippen LogP contribution in [-0.4, -0.2) is 10.9 Å². The summed E-state index contributed by atoms with van der Waals surface area (Å²) in [6.07, 6.45) is 2.26. The number of halogens is 1. The summed E-state index contributed by atoms with van der Waals surface area (Å²) < 4.78 is 6.27. The molecule has 6 heteroatoms. The number of hydrogen-bond donors (Lipinski definition) is 2. The van der Waals surface area contributed by atoms with Crippen molar-refractivity contribution in [2.24, 2.45) is 11.7 Å². The van der Waals surface area contributed by atoms with Crippen LogP contribution in [0.25, 0.3) is 0 Å². The van der Waals surface area contributed by atoms with Crippen LogP contribution in [0.1, 0.15) is 42.7 Å². The van der Waals surface area contributed by atoms with Crippen LogP contribution in [0.5, 0.6) is 0 Å². The van der Waals surface area contributed by atoms with Crippen molar-refractivity contribution in [3.8, 4) is 0 Å². The lowest BCUT2D eigenvalue weighted by Crippen LogP contribution is -2.19. The largest absolute Gasteiger partial charge is 0.446 e. The van der Waals surface area contributed by atoms with Gasteiger partial charge in [-0.05, 0) is 30.2 Å². The summed E-state index contributed by atoms with van der Waals surface area (Å²) in [6.45, 7) is 4.07. The lowest BCUT2D eigenvalue weighted by molar-refractivity contribution is 0.102. The highest BCUT2D eigenvalue weighted by atomic mass is 79.9. The van der Waals surface area contributed by atoms with E-state index in [4.69, 9.17) is 10.2 Å². The van der Waals surface area contributed by atoms with Crippen LogP contribution in [0.4, 0.5) is 5.69 Å². The van der Waals surface area contributed by atoms with Crippen LogP contribution in [0.3, 0.4) is 0 Å². The molecular formula is C15H18BrN3O2. The quantitative estimate of drug-likeness (QED) is 0.859. The fourth-order valence-corrected chi connectivity index (χ4v) is 2.04. The lowest BCUT2D eigenvalue weighted by Gasteiger charge is -2.13. The molecule has 0 saturated carbocycles. The predicted octanol–water partition coefficient (Wildman–Crippen LogP) is 3.74. The number of nitrogens with two attached hydrogens (primary N) is 1. The van der Waals surface area contributed by atoms with Crippen molar-refractivity contribution in [3.05, 3.63) is 46.6 Å². The molecule has 3 N–H and O–H groups in total. The molecule has 1 amide bonds. The normalized spacial score (nSPS) is 13.7. The van der Waals surface area contributed by atoms with E-state index in [-0.39, 0.29) is 23.6 Å². The first kappa shape index (κ1) is 15.7. The molecule has 2 unspecified atom stereocenters. The van der Waals surface area contributed by atoms with E-state index in [9.17, 15) is 4.79 Å². The molecule has 0 fully saturated rings. The first-order valence-electron chi connectivity index (χ1n) is 6.79. The number of oxazole rings is 1. The SMILES string of the molecule is CCC(C)C(N)c1nc(C(=O)Nc2ccc(Br)cc2)co1. The van der Waals surface area contributed by atoms with Gasteiger partial charge in [-0.15, -0.1) is 0 Å². The standard InChI is InChI=1S/C15H18BrN3O2/c1-3-9(2)13(17)15-19-12(8-21-15)14(20)18-11-6-4-10(16)5-7-11/h4-9,13H,3,17H2,1-2H3,(H,18,20). The molecule has 2 aromatic rings. The molecule has 0 aliphatic heterocycles. The minimum absolute atomic E-state index is 0.228. The topological polar surface area (TPSA) is 81.1 Å². The van der Waals surface area contributed by atoms with E-state index in [0.29, 0.717) is 11.6 Å². The molecule has 1 aromatic heterocycles. The number of anilines is 1. The van der Waals surface area contributed by atoms with Gasteiger partial charge < -0.3 is 15.5 Å². The van der Waals surface area contributed by atoms with Crippen molar-refractivity contribution < 1.29 is 9.21 Å². The second-order valence-corrected chi connectivity index (χ2v) is 5.86. The lowest BCUT2D eigenvalue weighted by atomic mass is 10.0. The number of nitrogens with one attached hydrogen (secondary N) is 1. The Balaban J connectivity index is 2.06. The number of aromatic nitrogens is 1. The number of benzene rings is 1. The first-order valence-corrected chi connectivity index (χ1v) is 7.58. The summed E-state index contributed by atoms with van der Waals surface area (Å²) in [5, 5.41) is 2.76. The predicted molar refractivity (Wildman–Crippen MR) is 85.0 cm³/mol. The third-order valence-electron chi connectivity index (χ3n) is 3.40. The molecule has 2 atom stereocenters. The second kappa shape index (κ2) is 6.87. The van der Waals surface area contributed by atoms with Crippen LogP contribution >= 0.6 is 15.9 Å². The Morgan fingerprint density at radius 1 is 1.43 bits per heavy atom. The highest BCUT2D eigenvalue weighted by Crippen LogP contribution is 2.21. The third-order valence-corrected chi connectivity index (χ3v) is 3.93. The molecule has 5 nitrogen and oxygen atoms in total. The van der Waals surface area contributed by atoms with Crippen molar-refractivity contribution in [2.75, 3.05) is 5.32 Å². The molecule has 0 bridgehead atoms. The van der Waals surface area contributed by atoms with E-state index in [0.717, 1.165) is 10.9 Å². The van der Waals surface area contributed by atoms with Gasteiger partial charge in [0.05, 0.1) is 6.04 Å². The van der Waals surface area contributed by atoms with Crippen molar-refractivity contribution in [3.63, 3.8) is 0 Å². The maximum absolute atomic E-state index is 12.1. The zero-order chi connectivity index (χ0) is 15.4. The molecule has 0 aliphatic rings. The Morgan fingerprint density at radius 2 is 2.10 bits per heavy atom. The van der Waals surface area contributed by atoms with Gasteiger partial charge in [-0.2, -0.15) is 0 Å². The summed E-state index contributed by atoms with van der Waals surface area (Å²) in [5.74, 6) is 0.319. The highest BCUT2D eigenvalue weighted by Gasteiger charge is 2.20. The fourth-order valence-electron chi connectivity index (χ4n) is 1.77.